The van der Waals surface area contributed by atoms with Crippen molar-refractivity contribution in [2.75, 3.05) is 6.61 Å². The van der Waals surface area contributed by atoms with Gasteiger partial charge in [0.2, 0.25) is 0 Å². The molecule has 0 aliphatic heterocycles. The van der Waals surface area contributed by atoms with Gasteiger partial charge in [-0.15, -0.1) is 0 Å². The molecule has 2 unspecified atom stereocenters. The van der Waals surface area contributed by atoms with Crippen LogP contribution in [0.2, 0.25) is 0 Å². The second kappa shape index (κ2) is 7.71. The SMILES string of the molecule is CCC1C=CC(OC(CC)(CC)CC(O)CO)=CC1. The molecule has 0 amide bonds. The van der Waals surface area contributed by atoms with Crippen LogP contribution in [0.25, 0.3) is 0 Å². The van der Waals surface area contributed by atoms with Gasteiger partial charge in [0.15, 0.2) is 0 Å². The third-order valence-electron chi connectivity index (χ3n) is 4.12. The number of aliphatic hydroxyl groups excluding tert-OH is 2. The molecule has 3 nitrogen and oxygen atoms in total. The fraction of sp³-hybridized carbons (Fsp3) is 0.750. The number of ether oxygens (including phenoxy) is 1. The zero-order valence-corrected chi connectivity index (χ0v) is 12.4. The summed E-state index contributed by atoms with van der Waals surface area (Å²) in [4.78, 5) is 0. The number of rotatable bonds is 8. The Morgan fingerprint density at radius 1 is 1.37 bits per heavy atom. The van der Waals surface area contributed by atoms with E-state index in [0.717, 1.165) is 31.4 Å². The second-order valence-corrected chi connectivity index (χ2v) is 5.40. The minimum absolute atomic E-state index is 0.210. The normalized spacial score (nSPS) is 21.1. The van der Waals surface area contributed by atoms with Crippen molar-refractivity contribution in [2.45, 2.75) is 64.6 Å². The van der Waals surface area contributed by atoms with Gasteiger partial charge >= 0.3 is 0 Å². The Morgan fingerprint density at radius 3 is 2.47 bits per heavy atom. The molecular formula is C16H28O3. The molecule has 0 aromatic carbocycles. The predicted octanol–water partition coefficient (Wildman–Crippen LogP) is 3.18. The van der Waals surface area contributed by atoms with Crippen LogP contribution in [0.3, 0.4) is 0 Å². The van der Waals surface area contributed by atoms with Crippen molar-refractivity contribution < 1.29 is 14.9 Å². The van der Waals surface area contributed by atoms with Crippen LogP contribution >= 0.6 is 0 Å². The molecule has 3 heteroatoms. The van der Waals surface area contributed by atoms with Crippen molar-refractivity contribution in [3.05, 3.63) is 24.0 Å². The van der Waals surface area contributed by atoms with Gasteiger partial charge in [-0.3, -0.25) is 0 Å². The first kappa shape index (κ1) is 16.3. The van der Waals surface area contributed by atoms with Crippen LogP contribution in [0.5, 0.6) is 0 Å². The Balaban J connectivity index is 2.69. The fourth-order valence-electron chi connectivity index (χ4n) is 2.49. The minimum atomic E-state index is -0.712. The highest BCUT2D eigenvalue weighted by atomic mass is 16.5. The molecule has 0 spiro atoms. The van der Waals surface area contributed by atoms with Crippen molar-refractivity contribution in [2.24, 2.45) is 5.92 Å². The number of allylic oxidation sites excluding steroid dienone is 3. The van der Waals surface area contributed by atoms with E-state index in [-0.39, 0.29) is 12.2 Å². The van der Waals surface area contributed by atoms with Crippen LogP contribution in [-0.4, -0.2) is 28.5 Å². The van der Waals surface area contributed by atoms with Gasteiger partial charge in [0.05, 0.1) is 12.7 Å². The van der Waals surface area contributed by atoms with Crippen LogP contribution < -0.4 is 0 Å². The van der Waals surface area contributed by atoms with E-state index in [1.807, 2.05) is 6.08 Å². The monoisotopic (exact) mass is 268 g/mol. The molecule has 1 rings (SSSR count). The van der Waals surface area contributed by atoms with Crippen molar-refractivity contribution in [3.8, 4) is 0 Å². The molecular weight excluding hydrogens is 240 g/mol. The van der Waals surface area contributed by atoms with Gasteiger partial charge in [0, 0.05) is 6.42 Å². The smallest absolute Gasteiger partial charge is 0.115 e. The average molecular weight is 268 g/mol. The maximum absolute atomic E-state index is 9.70. The first-order chi connectivity index (χ1) is 9.09. The lowest BCUT2D eigenvalue weighted by atomic mass is 9.89. The largest absolute Gasteiger partial charge is 0.488 e. The topological polar surface area (TPSA) is 49.7 Å². The van der Waals surface area contributed by atoms with E-state index in [0.29, 0.717) is 12.3 Å². The summed E-state index contributed by atoms with van der Waals surface area (Å²) in [7, 11) is 0. The van der Waals surface area contributed by atoms with E-state index in [1.165, 1.54) is 0 Å². The zero-order chi connectivity index (χ0) is 14.3. The summed E-state index contributed by atoms with van der Waals surface area (Å²) in [6, 6.07) is 0. The van der Waals surface area contributed by atoms with E-state index in [1.54, 1.807) is 0 Å². The Bertz CT molecular complexity index is 316. The van der Waals surface area contributed by atoms with Gasteiger partial charge in [-0.25, -0.2) is 0 Å². The molecule has 1 aliphatic carbocycles. The molecule has 19 heavy (non-hydrogen) atoms. The molecule has 0 heterocycles. The first-order valence-electron chi connectivity index (χ1n) is 7.45. The summed E-state index contributed by atoms with van der Waals surface area (Å²) in [6.07, 6.45) is 9.96. The summed E-state index contributed by atoms with van der Waals surface area (Å²) in [5.41, 5.74) is -0.378. The molecule has 0 saturated carbocycles. The number of hydrogen-bond acceptors (Lipinski definition) is 3. The molecule has 110 valence electrons. The van der Waals surface area contributed by atoms with Gasteiger partial charge in [0.25, 0.3) is 0 Å². The molecule has 0 radical (unpaired) electrons. The molecule has 0 aromatic heterocycles. The van der Waals surface area contributed by atoms with Gasteiger partial charge in [-0.2, -0.15) is 0 Å². The Kier molecular flexibility index (Phi) is 6.59. The van der Waals surface area contributed by atoms with Crippen LogP contribution in [0, 0.1) is 5.92 Å². The first-order valence-corrected chi connectivity index (χ1v) is 7.45. The zero-order valence-electron chi connectivity index (χ0n) is 12.4. The minimum Gasteiger partial charge on any atom is -0.488 e. The predicted molar refractivity (Wildman–Crippen MR) is 77.7 cm³/mol. The molecule has 0 bridgehead atoms. The van der Waals surface area contributed by atoms with Crippen LogP contribution in [0.4, 0.5) is 0 Å². The average Bonchev–Trinajstić information content (AvgIpc) is 2.47. The molecule has 0 saturated heterocycles. The van der Waals surface area contributed by atoms with Crippen molar-refractivity contribution >= 4 is 0 Å². The maximum atomic E-state index is 9.70. The lowest BCUT2D eigenvalue weighted by Gasteiger charge is -2.35. The highest BCUT2D eigenvalue weighted by molar-refractivity contribution is 5.19. The third-order valence-corrected chi connectivity index (χ3v) is 4.12. The van der Waals surface area contributed by atoms with Gasteiger partial charge in [-0.05, 0) is 43.8 Å². The molecule has 0 fully saturated rings. The van der Waals surface area contributed by atoms with E-state index in [9.17, 15) is 5.11 Å². The van der Waals surface area contributed by atoms with Crippen molar-refractivity contribution in [1.29, 1.82) is 0 Å². The van der Waals surface area contributed by atoms with Gasteiger partial charge in [0.1, 0.15) is 11.4 Å². The van der Waals surface area contributed by atoms with Gasteiger partial charge < -0.3 is 14.9 Å². The summed E-state index contributed by atoms with van der Waals surface area (Å²) in [6.45, 7) is 6.11. The van der Waals surface area contributed by atoms with Crippen LogP contribution in [0.1, 0.15) is 52.9 Å². The Labute approximate surface area is 117 Å². The summed E-state index contributed by atoms with van der Waals surface area (Å²) in [5, 5.41) is 18.7. The van der Waals surface area contributed by atoms with Gasteiger partial charge in [-0.1, -0.05) is 26.8 Å². The maximum Gasteiger partial charge on any atom is 0.115 e. The molecule has 2 N–H and O–H groups in total. The van der Waals surface area contributed by atoms with E-state index in [2.05, 4.69) is 32.9 Å². The summed E-state index contributed by atoms with van der Waals surface area (Å²) >= 11 is 0. The fourth-order valence-corrected chi connectivity index (χ4v) is 2.49. The van der Waals surface area contributed by atoms with E-state index >= 15 is 0 Å². The van der Waals surface area contributed by atoms with Crippen LogP contribution in [0.15, 0.2) is 24.0 Å². The third kappa shape index (κ3) is 4.66. The van der Waals surface area contributed by atoms with Crippen molar-refractivity contribution in [3.63, 3.8) is 0 Å². The summed E-state index contributed by atoms with van der Waals surface area (Å²) in [5.74, 6) is 1.52. The highest BCUT2D eigenvalue weighted by Gasteiger charge is 2.31. The highest BCUT2D eigenvalue weighted by Crippen LogP contribution is 2.31. The number of hydrogen-bond donors (Lipinski definition) is 2. The molecule has 0 aromatic rings. The van der Waals surface area contributed by atoms with Crippen molar-refractivity contribution in [1.82, 2.24) is 0 Å². The number of aliphatic hydroxyl groups is 2. The Morgan fingerprint density at radius 2 is 2.05 bits per heavy atom. The Hall–Kier alpha value is -0.800. The lowest BCUT2D eigenvalue weighted by molar-refractivity contribution is -0.0501. The van der Waals surface area contributed by atoms with Crippen LogP contribution in [-0.2, 0) is 4.74 Å². The van der Waals surface area contributed by atoms with E-state index < -0.39 is 6.10 Å². The van der Waals surface area contributed by atoms with E-state index in [4.69, 9.17) is 9.84 Å². The quantitative estimate of drug-likeness (QED) is 0.711. The second-order valence-electron chi connectivity index (χ2n) is 5.40. The standard InChI is InChI=1S/C16H28O3/c1-4-13-7-9-15(10-8-13)19-16(5-2,6-3)11-14(18)12-17/h7,9-10,13-14,17-18H,4-6,8,11-12H2,1-3H3. The molecule has 2 atom stereocenters. The lowest BCUT2D eigenvalue weighted by Crippen LogP contribution is -2.36. The summed E-state index contributed by atoms with van der Waals surface area (Å²) < 4.78 is 6.15. The molecule has 1 aliphatic rings.